The molecule has 0 spiro atoms. The Labute approximate surface area is 196 Å². The molecule has 0 N–H and O–H groups in total. The molecule has 5 rings (SSSR count). The molecule has 3 aromatic carbocycles. The Morgan fingerprint density at radius 1 is 0.697 bits per heavy atom. The van der Waals surface area contributed by atoms with E-state index in [0.29, 0.717) is 18.4 Å². The molecule has 0 saturated carbocycles. The van der Waals surface area contributed by atoms with E-state index in [1.54, 1.807) is 0 Å². The van der Waals surface area contributed by atoms with Crippen LogP contribution in [0.4, 0.5) is 5.69 Å². The number of pyridine rings is 1. The van der Waals surface area contributed by atoms with Crippen LogP contribution in [-0.4, -0.2) is 16.4 Å². The van der Waals surface area contributed by atoms with Gasteiger partial charge in [-0.1, -0.05) is 88.4 Å². The van der Waals surface area contributed by atoms with Crippen LogP contribution in [0.3, 0.4) is 0 Å². The third kappa shape index (κ3) is 3.89. The molecule has 1 aromatic heterocycles. The highest BCUT2D eigenvalue weighted by Crippen LogP contribution is 2.38. The lowest BCUT2D eigenvalue weighted by atomic mass is 9.92. The van der Waals surface area contributed by atoms with E-state index in [1.165, 1.54) is 21.9 Å². The summed E-state index contributed by atoms with van der Waals surface area (Å²) in [5.41, 5.74) is 8.85. The molecule has 3 heteroatoms. The molecule has 4 aromatic rings. The third-order valence-corrected chi connectivity index (χ3v) is 6.33. The van der Waals surface area contributed by atoms with Gasteiger partial charge >= 0.3 is 0 Å². The van der Waals surface area contributed by atoms with E-state index in [0.717, 1.165) is 33.9 Å². The summed E-state index contributed by atoms with van der Waals surface area (Å²) in [6.07, 6.45) is 1.82. The molecule has 0 bridgehead atoms. The van der Waals surface area contributed by atoms with Crippen molar-refractivity contribution in [3.8, 4) is 0 Å². The SMILES string of the molecule is CC(C)c1cccc(C(C)C)c1N=C1C(=NCc2ccccn2)c2cccc3cccc1c23. The van der Waals surface area contributed by atoms with E-state index in [4.69, 9.17) is 9.98 Å². The van der Waals surface area contributed by atoms with Crippen LogP contribution in [0.25, 0.3) is 10.8 Å². The predicted molar refractivity (Wildman–Crippen MR) is 139 cm³/mol. The first-order valence-electron chi connectivity index (χ1n) is 11.7. The van der Waals surface area contributed by atoms with E-state index in [9.17, 15) is 0 Å². The molecule has 33 heavy (non-hydrogen) atoms. The first-order chi connectivity index (χ1) is 16.0. The maximum Gasteiger partial charge on any atom is 0.0974 e. The summed E-state index contributed by atoms with van der Waals surface area (Å²) in [6, 6.07) is 25.5. The van der Waals surface area contributed by atoms with Crippen molar-refractivity contribution in [2.75, 3.05) is 0 Å². The van der Waals surface area contributed by atoms with Crippen molar-refractivity contribution in [3.63, 3.8) is 0 Å². The maximum atomic E-state index is 5.40. The predicted octanol–water partition coefficient (Wildman–Crippen LogP) is 7.61. The van der Waals surface area contributed by atoms with Gasteiger partial charge in [0.15, 0.2) is 0 Å². The fourth-order valence-electron chi connectivity index (χ4n) is 4.67. The van der Waals surface area contributed by atoms with Gasteiger partial charge in [0.2, 0.25) is 0 Å². The quantitative estimate of drug-likeness (QED) is 0.320. The molecule has 0 amide bonds. The number of aliphatic imine (C=N–C) groups is 2. The second kappa shape index (κ2) is 8.74. The second-order valence-electron chi connectivity index (χ2n) is 9.25. The summed E-state index contributed by atoms with van der Waals surface area (Å²) in [7, 11) is 0. The van der Waals surface area contributed by atoms with Crippen molar-refractivity contribution >= 4 is 27.9 Å². The standard InChI is InChI=1S/C30H29N3/c1-19(2)23-13-9-14-24(20(3)4)28(23)33-30-26-16-8-11-21-10-7-15-25(27(21)26)29(30)32-18-22-12-5-6-17-31-22/h5-17,19-20H,18H2,1-4H3. The lowest BCUT2D eigenvalue weighted by Gasteiger charge is -2.17. The average Bonchev–Trinajstić information content (AvgIpc) is 3.12. The highest BCUT2D eigenvalue weighted by atomic mass is 14.9. The molecule has 1 aliphatic rings. The summed E-state index contributed by atoms with van der Waals surface area (Å²) >= 11 is 0. The Morgan fingerprint density at radius 3 is 1.94 bits per heavy atom. The van der Waals surface area contributed by atoms with E-state index < -0.39 is 0 Å². The molecule has 0 aliphatic heterocycles. The van der Waals surface area contributed by atoms with Crippen molar-refractivity contribution in [1.82, 2.24) is 4.98 Å². The van der Waals surface area contributed by atoms with E-state index >= 15 is 0 Å². The fraction of sp³-hybridized carbons (Fsp3) is 0.233. The van der Waals surface area contributed by atoms with Crippen molar-refractivity contribution in [1.29, 1.82) is 0 Å². The molecule has 0 radical (unpaired) electrons. The van der Waals surface area contributed by atoms with Crippen LogP contribution in [0.5, 0.6) is 0 Å². The molecular weight excluding hydrogens is 402 g/mol. The van der Waals surface area contributed by atoms with Gasteiger partial charge in [0.25, 0.3) is 0 Å². The minimum absolute atomic E-state index is 0.386. The molecule has 0 unspecified atom stereocenters. The van der Waals surface area contributed by atoms with Crippen LogP contribution in [0, 0.1) is 0 Å². The van der Waals surface area contributed by atoms with Crippen LogP contribution in [-0.2, 0) is 6.54 Å². The Kier molecular flexibility index (Phi) is 5.63. The van der Waals surface area contributed by atoms with Crippen molar-refractivity contribution in [2.45, 2.75) is 46.1 Å². The smallest absolute Gasteiger partial charge is 0.0974 e. The number of hydrogen-bond acceptors (Lipinski definition) is 3. The van der Waals surface area contributed by atoms with Crippen molar-refractivity contribution in [2.24, 2.45) is 9.98 Å². The average molecular weight is 432 g/mol. The zero-order valence-corrected chi connectivity index (χ0v) is 19.7. The minimum atomic E-state index is 0.386. The first-order valence-corrected chi connectivity index (χ1v) is 11.7. The van der Waals surface area contributed by atoms with Gasteiger partial charge in [0.1, 0.15) is 0 Å². The molecule has 164 valence electrons. The zero-order valence-electron chi connectivity index (χ0n) is 19.7. The number of hydrogen-bond donors (Lipinski definition) is 0. The third-order valence-electron chi connectivity index (χ3n) is 6.33. The van der Waals surface area contributed by atoms with E-state index in [1.807, 2.05) is 24.4 Å². The van der Waals surface area contributed by atoms with Crippen molar-refractivity contribution in [3.05, 3.63) is 107 Å². The lowest BCUT2D eigenvalue weighted by Crippen LogP contribution is -2.12. The molecule has 0 atom stereocenters. The van der Waals surface area contributed by atoms with Gasteiger partial charge in [-0.15, -0.1) is 0 Å². The maximum absolute atomic E-state index is 5.40. The van der Waals surface area contributed by atoms with Gasteiger partial charge in [-0.05, 0) is 40.5 Å². The minimum Gasteiger partial charge on any atom is -0.276 e. The topological polar surface area (TPSA) is 37.6 Å². The number of benzene rings is 3. The highest BCUT2D eigenvalue weighted by molar-refractivity contribution is 6.61. The molecule has 1 aliphatic carbocycles. The normalized spacial score (nSPS) is 15.5. The Morgan fingerprint density at radius 2 is 1.33 bits per heavy atom. The Hall–Kier alpha value is -3.59. The van der Waals surface area contributed by atoms with Crippen LogP contribution in [0.2, 0.25) is 0 Å². The van der Waals surface area contributed by atoms with Gasteiger partial charge in [-0.25, -0.2) is 4.99 Å². The van der Waals surface area contributed by atoms with E-state index in [-0.39, 0.29) is 0 Å². The Bertz CT molecular complexity index is 1350. The molecule has 0 fully saturated rings. The van der Waals surface area contributed by atoms with Gasteiger partial charge in [-0.2, -0.15) is 0 Å². The summed E-state index contributed by atoms with van der Waals surface area (Å²) < 4.78 is 0. The van der Waals surface area contributed by atoms with Crippen molar-refractivity contribution < 1.29 is 0 Å². The van der Waals surface area contributed by atoms with Crippen LogP contribution in [0.1, 0.15) is 67.5 Å². The van der Waals surface area contributed by atoms with E-state index in [2.05, 4.69) is 87.3 Å². The largest absolute Gasteiger partial charge is 0.276 e. The summed E-state index contributed by atoms with van der Waals surface area (Å²) in [6.45, 7) is 9.49. The Balaban J connectivity index is 1.75. The number of rotatable bonds is 5. The molecule has 1 heterocycles. The summed E-state index contributed by atoms with van der Waals surface area (Å²) in [5.74, 6) is 0.771. The fourth-order valence-corrected chi connectivity index (χ4v) is 4.67. The molecule has 0 saturated heterocycles. The van der Waals surface area contributed by atoms with Gasteiger partial charge < -0.3 is 0 Å². The monoisotopic (exact) mass is 431 g/mol. The van der Waals surface area contributed by atoms with Crippen LogP contribution >= 0.6 is 0 Å². The zero-order chi connectivity index (χ0) is 22.9. The summed E-state index contributed by atoms with van der Waals surface area (Å²) in [5, 5.41) is 2.47. The number of aromatic nitrogens is 1. The second-order valence-corrected chi connectivity index (χ2v) is 9.25. The van der Waals surface area contributed by atoms with Crippen LogP contribution in [0.15, 0.2) is 89.0 Å². The van der Waals surface area contributed by atoms with Gasteiger partial charge in [0, 0.05) is 22.7 Å². The summed E-state index contributed by atoms with van der Waals surface area (Å²) in [4.78, 5) is 15.0. The van der Waals surface area contributed by atoms with Crippen LogP contribution < -0.4 is 0 Å². The highest BCUT2D eigenvalue weighted by Gasteiger charge is 2.28. The molecular formula is C30H29N3. The number of nitrogens with zero attached hydrogens (tertiary/aromatic N) is 3. The number of para-hydroxylation sites is 1. The first kappa shape index (κ1) is 21.3. The lowest BCUT2D eigenvalue weighted by molar-refractivity contribution is 0.835. The van der Waals surface area contributed by atoms with Gasteiger partial charge in [0.05, 0.1) is 29.3 Å². The van der Waals surface area contributed by atoms with Gasteiger partial charge in [-0.3, -0.25) is 9.98 Å². The molecule has 3 nitrogen and oxygen atoms in total.